The SMILES string of the molecule is COc1ccc(-c2ccc(N3CCCC(C(=O)N4CCN(c5ccc(F)cc5)CC4)C3)nn2)cc1. The summed E-state index contributed by atoms with van der Waals surface area (Å²) in [6, 6.07) is 18.3. The van der Waals surface area contributed by atoms with Crippen molar-refractivity contribution in [3.63, 3.8) is 0 Å². The molecule has 35 heavy (non-hydrogen) atoms. The number of carbonyl (C=O) groups is 1. The maximum absolute atomic E-state index is 13.3. The highest BCUT2D eigenvalue weighted by Gasteiger charge is 2.31. The number of ether oxygens (including phenoxy) is 1. The Labute approximate surface area is 205 Å². The molecule has 0 saturated carbocycles. The van der Waals surface area contributed by atoms with E-state index in [2.05, 4.69) is 20.0 Å². The van der Waals surface area contributed by atoms with E-state index in [1.54, 1.807) is 19.2 Å². The molecule has 1 atom stereocenters. The van der Waals surface area contributed by atoms with Gasteiger partial charge in [-0.1, -0.05) is 0 Å². The fraction of sp³-hybridized carbons (Fsp3) is 0.370. The van der Waals surface area contributed by atoms with E-state index in [4.69, 9.17) is 4.74 Å². The first-order chi connectivity index (χ1) is 17.1. The predicted molar refractivity (Wildman–Crippen MR) is 134 cm³/mol. The van der Waals surface area contributed by atoms with Gasteiger partial charge < -0.3 is 19.4 Å². The van der Waals surface area contributed by atoms with Crippen LogP contribution in [0.15, 0.2) is 60.7 Å². The van der Waals surface area contributed by atoms with E-state index in [1.807, 2.05) is 41.3 Å². The van der Waals surface area contributed by atoms with Gasteiger partial charge in [0.2, 0.25) is 5.91 Å². The van der Waals surface area contributed by atoms with Crippen molar-refractivity contribution in [2.45, 2.75) is 12.8 Å². The summed E-state index contributed by atoms with van der Waals surface area (Å²) < 4.78 is 18.4. The van der Waals surface area contributed by atoms with E-state index in [0.29, 0.717) is 19.6 Å². The van der Waals surface area contributed by atoms with Crippen molar-refractivity contribution in [1.82, 2.24) is 15.1 Å². The molecule has 0 N–H and O–H groups in total. The van der Waals surface area contributed by atoms with Crippen LogP contribution in [0.2, 0.25) is 0 Å². The fourth-order valence-electron chi connectivity index (χ4n) is 4.89. The molecule has 0 spiro atoms. The number of amides is 1. The molecule has 0 radical (unpaired) electrons. The molecule has 1 unspecified atom stereocenters. The summed E-state index contributed by atoms with van der Waals surface area (Å²) in [4.78, 5) is 19.6. The molecule has 5 rings (SSSR count). The number of anilines is 2. The molecular formula is C27H30FN5O2. The van der Waals surface area contributed by atoms with Crippen molar-refractivity contribution in [1.29, 1.82) is 0 Å². The summed E-state index contributed by atoms with van der Waals surface area (Å²) >= 11 is 0. The highest BCUT2D eigenvalue weighted by Crippen LogP contribution is 2.26. The number of hydrogen-bond donors (Lipinski definition) is 0. The first-order valence-electron chi connectivity index (χ1n) is 12.1. The van der Waals surface area contributed by atoms with Crippen molar-refractivity contribution in [2.75, 3.05) is 56.2 Å². The number of methoxy groups -OCH3 is 1. The Hall–Kier alpha value is -3.68. The second kappa shape index (κ2) is 10.3. The molecule has 2 aliphatic rings. The Bertz CT molecular complexity index is 1130. The Morgan fingerprint density at radius 2 is 1.63 bits per heavy atom. The lowest BCUT2D eigenvalue weighted by Gasteiger charge is -2.40. The molecule has 2 saturated heterocycles. The lowest BCUT2D eigenvalue weighted by molar-refractivity contribution is -0.136. The molecule has 0 aliphatic carbocycles. The Kier molecular flexibility index (Phi) is 6.79. The molecule has 3 aromatic rings. The molecule has 1 amide bonds. The van der Waals surface area contributed by atoms with Crippen molar-refractivity contribution < 1.29 is 13.9 Å². The highest BCUT2D eigenvalue weighted by molar-refractivity contribution is 5.80. The molecule has 2 fully saturated rings. The topological polar surface area (TPSA) is 61.8 Å². The zero-order valence-electron chi connectivity index (χ0n) is 19.9. The van der Waals surface area contributed by atoms with Crippen LogP contribution in [0, 0.1) is 11.7 Å². The molecule has 0 bridgehead atoms. The second-order valence-corrected chi connectivity index (χ2v) is 9.08. The van der Waals surface area contributed by atoms with Gasteiger partial charge in [0.25, 0.3) is 0 Å². The maximum Gasteiger partial charge on any atom is 0.227 e. The number of halogens is 1. The second-order valence-electron chi connectivity index (χ2n) is 9.08. The van der Waals surface area contributed by atoms with Crippen molar-refractivity contribution in [3.8, 4) is 17.0 Å². The summed E-state index contributed by atoms with van der Waals surface area (Å²) in [5, 5.41) is 8.89. The van der Waals surface area contributed by atoms with Gasteiger partial charge in [-0.2, -0.15) is 0 Å². The van der Waals surface area contributed by atoms with Crippen molar-refractivity contribution in [3.05, 3.63) is 66.5 Å². The zero-order chi connectivity index (χ0) is 24.2. The monoisotopic (exact) mass is 475 g/mol. The molecular weight excluding hydrogens is 445 g/mol. The van der Waals surface area contributed by atoms with Crippen LogP contribution in [0.25, 0.3) is 11.3 Å². The summed E-state index contributed by atoms with van der Waals surface area (Å²) in [6.07, 6.45) is 1.85. The van der Waals surface area contributed by atoms with E-state index >= 15 is 0 Å². The first-order valence-corrected chi connectivity index (χ1v) is 12.1. The van der Waals surface area contributed by atoms with E-state index in [-0.39, 0.29) is 17.6 Å². The number of piperazine rings is 1. The number of hydrogen-bond acceptors (Lipinski definition) is 6. The van der Waals surface area contributed by atoms with Crippen LogP contribution in [0.4, 0.5) is 15.9 Å². The van der Waals surface area contributed by atoms with Crippen LogP contribution in [0.3, 0.4) is 0 Å². The first kappa shape index (κ1) is 23.1. The molecule has 1 aromatic heterocycles. The van der Waals surface area contributed by atoms with Crippen LogP contribution in [0.5, 0.6) is 5.75 Å². The Morgan fingerprint density at radius 1 is 0.886 bits per heavy atom. The third-order valence-corrected chi connectivity index (χ3v) is 6.91. The van der Waals surface area contributed by atoms with Gasteiger partial charge in [-0.25, -0.2) is 4.39 Å². The minimum atomic E-state index is -0.232. The predicted octanol–water partition coefficient (Wildman–Crippen LogP) is 3.86. The van der Waals surface area contributed by atoms with Gasteiger partial charge in [0.05, 0.1) is 18.7 Å². The van der Waals surface area contributed by atoms with Gasteiger partial charge in [0.15, 0.2) is 5.82 Å². The van der Waals surface area contributed by atoms with Crippen molar-refractivity contribution in [2.24, 2.45) is 5.92 Å². The van der Waals surface area contributed by atoms with Gasteiger partial charge in [-0.15, -0.1) is 10.2 Å². The summed E-state index contributed by atoms with van der Waals surface area (Å²) in [6.45, 7) is 4.41. The number of nitrogens with zero attached hydrogens (tertiary/aromatic N) is 5. The summed E-state index contributed by atoms with van der Waals surface area (Å²) in [5.74, 6) is 1.56. The van der Waals surface area contributed by atoms with Crippen molar-refractivity contribution >= 4 is 17.4 Å². The quantitative estimate of drug-likeness (QED) is 0.559. The standard InChI is InChI=1S/C27H30FN5O2/c1-35-24-10-4-20(5-11-24)25-12-13-26(30-29-25)33-14-2-3-21(19-33)27(34)32-17-15-31(16-18-32)23-8-6-22(28)7-9-23/h4-13,21H,2-3,14-19H2,1H3. The van der Waals surface area contributed by atoms with E-state index in [9.17, 15) is 9.18 Å². The normalized spacial score (nSPS) is 18.5. The number of aromatic nitrogens is 2. The molecule has 3 heterocycles. The lowest BCUT2D eigenvalue weighted by Crippen LogP contribution is -2.52. The zero-order valence-corrected chi connectivity index (χ0v) is 19.9. The van der Waals surface area contributed by atoms with Gasteiger partial charge in [0, 0.05) is 50.5 Å². The molecule has 2 aromatic carbocycles. The maximum atomic E-state index is 13.3. The molecule has 2 aliphatic heterocycles. The fourth-order valence-corrected chi connectivity index (χ4v) is 4.89. The van der Waals surface area contributed by atoms with E-state index < -0.39 is 0 Å². The average molecular weight is 476 g/mol. The number of carbonyl (C=O) groups excluding carboxylic acids is 1. The van der Waals surface area contributed by atoms with Crippen LogP contribution in [0.1, 0.15) is 12.8 Å². The van der Waals surface area contributed by atoms with Gasteiger partial charge in [-0.05, 0) is 73.5 Å². The lowest BCUT2D eigenvalue weighted by atomic mass is 9.96. The van der Waals surface area contributed by atoms with E-state index in [0.717, 1.165) is 61.0 Å². The molecule has 182 valence electrons. The third kappa shape index (κ3) is 5.21. The van der Waals surface area contributed by atoms with Crippen LogP contribution < -0.4 is 14.5 Å². The summed E-state index contributed by atoms with van der Waals surface area (Å²) in [5.41, 5.74) is 2.79. The van der Waals surface area contributed by atoms with Gasteiger partial charge >= 0.3 is 0 Å². The Morgan fingerprint density at radius 3 is 2.29 bits per heavy atom. The number of rotatable bonds is 5. The van der Waals surface area contributed by atoms with E-state index in [1.165, 1.54) is 12.1 Å². The number of piperidine rings is 1. The highest BCUT2D eigenvalue weighted by atomic mass is 19.1. The number of benzene rings is 2. The average Bonchev–Trinajstić information content (AvgIpc) is 2.93. The minimum Gasteiger partial charge on any atom is -0.497 e. The molecule has 8 heteroatoms. The summed E-state index contributed by atoms with van der Waals surface area (Å²) in [7, 11) is 1.65. The molecule has 7 nitrogen and oxygen atoms in total. The minimum absolute atomic E-state index is 0.0378. The smallest absolute Gasteiger partial charge is 0.227 e. The van der Waals surface area contributed by atoms with Crippen LogP contribution in [-0.2, 0) is 4.79 Å². The Balaban J connectivity index is 1.18. The largest absolute Gasteiger partial charge is 0.497 e. The van der Waals surface area contributed by atoms with Gasteiger partial charge in [-0.3, -0.25) is 4.79 Å². The van der Waals surface area contributed by atoms with Crippen LogP contribution >= 0.6 is 0 Å². The third-order valence-electron chi connectivity index (χ3n) is 6.91. The van der Waals surface area contributed by atoms with Crippen LogP contribution in [-0.4, -0.2) is 67.4 Å². The van der Waals surface area contributed by atoms with Gasteiger partial charge in [0.1, 0.15) is 11.6 Å².